The van der Waals surface area contributed by atoms with Crippen LogP contribution in [0.5, 0.6) is 0 Å². The van der Waals surface area contributed by atoms with E-state index in [2.05, 4.69) is 56.0 Å². The van der Waals surface area contributed by atoms with Gasteiger partial charge in [-0.2, -0.15) is 10.4 Å². The predicted octanol–water partition coefficient (Wildman–Crippen LogP) is 4.10. The number of rotatable bonds is 2. The average Bonchev–Trinajstić information content (AvgIpc) is 3.34. The van der Waals surface area contributed by atoms with Gasteiger partial charge in [-0.25, -0.2) is 0 Å². The van der Waals surface area contributed by atoms with Gasteiger partial charge in [-0.05, 0) is 48.9 Å². The first-order chi connectivity index (χ1) is 14.5. The van der Waals surface area contributed by atoms with Crippen LogP contribution in [0.2, 0.25) is 0 Å². The Morgan fingerprint density at radius 2 is 1.83 bits per heavy atom. The van der Waals surface area contributed by atoms with Gasteiger partial charge in [-0.15, -0.1) is 10.2 Å². The Hall–Kier alpha value is -3.92. The molecule has 0 saturated carbocycles. The van der Waals surface area contributed by atoms with Crippen molar-refractivity contribution in [3.05, 3.63) is 72.1 Å². The molecule has 0 amide bonds. The molecule has 1 atom stereocenters. The molecule has 0 fully saturated rings. The SMILES string of the molecule is Cc1nnc2n1-c1ccc(-c3cnn(C)c3)cc1N(c1ccc(C#N)cc1)CC2C. The number of nitrogens with zero attached hydrogens (tertiary/aromatic N) is 7. The Morgan fingerprint density at radius 1 is 1.03 bits per heavy atom. The van der Waals surface area contributed by atoms with Gasteiger partial charge in [0.25, 0.3) is 0 Å². The molecular weight excluding hydrogens is 374 g/mol. The lowest BCUT2D eigenvalue weighted by molar-refractivity contribution is 0.696. The normalized spacial score (nSPS) is 15.3. The van der Waals surface area contributed by atoms with E-state index in [0.29, 0.717) is 5.56 Å². The quantitative estimate of drug-likeness (QED) is 0.511. The minimum atomic E-state index is 0.177. The molecule has 30 heavy (non-hydrogen) atoms. The molecule has 148 valence electrons. The van der Waals surface area contributed by atoms with Gasteiger partial charge in [0.15, 0.2) is 0 Å². The third kappa shape index (κ3) is 2.85. The number of hydrogen-bond acceptors (Lipinski definition) is 5. The summed E-state index contributed by atoms with van der Waals surface area (Å²) in [5.41, 5.74) is 5.99. The lowest BCUT2D eigenvalue weighted by Gasteiger charge is -2.27. The minimum Gasteiger partial charge on any atom is -0.339 e. The van der Waals surface area contributed by atoms with Crippen LogP contribution in [0.3, 0.4) is 0 Å². The van der Waals surface area contributed by atoms with Gasteiger partial charge in [0, 0.05) is 37.0 Å². The van der Waals surface area contributed by atoms with Gasteiger partial charge < -0.3 is 4.90 Å². The average molecular weight is 395 g/mol. The second-order valence-corrected chi connectivity index (χ2v) is 7.72. The van der Waals surface area contributed by atoms with Crippen LogP contribution in [0.15, 0.2) is 54.9 Å². The zero-order chi connectivity index (χ0) is 20.8. The fourth-order valence-corrected chi connectivity index (χ4v) is 4.09. The van der Waals surface area contributed by atoms with Gasteiger partial charge in [-0.3, -0.25) is 9.25 Å². The van der Waals surface area contributed by atoms with Crippen molar-refractivity contribution in [1.82, 2.24) is 24.5 Å². The van der Waals surface area contributed by atoms with E-state index in [0.717, 1.165) is 46.4 Å². The minimum absolute atomic E-state index is 0.177. The van der Waals surface area contributed by atoms with Crippen molar-refractivity contribution in [1.29, 1.82) is 5.26 Å². The van der Waals surface area contributed by atoms with Gasteiger partial charge in [0.05, 0.1) is 29.2 Å². The monoisotopic (exact) mass is 395 g/mol. The van der Waals surface area contributed by atoms with Crippen molar-refractivity contribution in [3.63, 3.8) is 0 Å². The number of benzene rings is 2. The van der Waals surface area contributed by atoms with Gasteiger partial charge in [-0.1, -0.05) is 13.0 Å². The van der Waals surface area contributed by atoms with Crippen molar-refractivity contribution >= 4 is 11.4 Å². The van der Waals surface area contributed by atoms with E-state index >= 15 is 0 Å². The Morgan fingerprint density at radius 3 is 2.53 bits per heavy atom. The fraction of sp³-hybridized carbons (Fsp3) is 0.217. The zero-order valence-corrected chi connectivity index (χ0v) is 17.1. The summed E-state index contributed by atoms with van der Waals surface area (Å²) in [4.78, 5) is 2.30. The highest BCUT2D eigenvalue weighted by Gasteiger charge is 2.28. The summed E-state index contributed by atoms with van der Waals surface area (Å²) in [5, 5.41) is 22.3. The molecule has 1 aliphatic heterocycles. The summed E-state index contributed by atoms with van der Waals surface area (Å²) >= 11 is 0. The molecule has 0 radical (unpaired) electrons. The van der Waals surface area contributed by atoms with Crippen LogP contribution >= 0.6 is 0 Å². The number of aromatic nitrogens is 5. The molecule has 1 aliphatic rings. The van der Waals surface area contributed by atoms with E-state index in [4.69, 9.17) is 0 Å². The molecule has 3 heterocycles. The predicted molar refractivity (Wildman–Crippen MR) is 115 cm³/mol. The summed E-state index contributed by atoms with van der Waals surface area (Å²) in [7, 11) is 1.92. The lowest BCUT2D eigenvalue weighted by atomic mass is 10.1. The highest BCUT2D eigenvalue weighted by Crippen LogP contribution is 2.40. The van der Waals surface area contributed by atoms with Crippen LogP contribution < -0.4 is 4.90 Å². The Labute approximate surface area is 174 Å². The van der Waals surface area contributed by atoms with Crippen molar-refractivity contribution < 1.29 is 0 Å². The first-order valence-electron chi connectivity index (χ1n) is 9.88. The lowest BCUT2D eigenvalue weighted by Crippen LogP contribution is -2.22. The second kappa shape index (κ2) is 6.85. The van der Waals surface area contributed by atoms with E-state index < -0.39 is 0 Å². The summed E-state index contributed by atoms with van der Waals surface area (Å²) in [6.45, 7) is 4.91. The first-order valence-corrected chi connectivity index (χ1v) is 9.88. The van der Waals surface area contributed by atoms with E-state index in [1.807, 2.05) is 55.3 Å². The van der Waals surface area contributed by atoms with E-state index in [1.54, 1.807) is 0 Å². The van der Waals surface area contributed by atoms with E-state index in [9.17, 15) is 5.26 Å². The largest absolute Gasteiger partial charge is 0.339 e. The molecule has 7 nitrogen and oxygen atoms in total. The number of fused-ring (bicyclic) bond motifs is 3. The topological polar surface area (TPSA) is 75.6 Å². The summed E-state index contributed by atoms with van der Waals surface area (Å²) in [6, 6.07) is 16.4. The smallest absolute Gasteiger partial charge is 0.142 e. The molecule has 0 N–H and O–H groups in total. The Balaban J connectivity index is 1.73. The first kappa shape index (κ1) is 18.1. The van der Waals surface area contributed by atoms with Gasteiger partial charge in [0.2, 0.25) is 0 Å². The summed E-state index contributed by atoms with van der Waals surface area (Å²) in [5.74, 6) is 2.00. The van der Waals surface area contributed by atoms with Crippen LogP contribution in [0, 0.1) is 18.3 Å². The van der Waals surface area contributed by atoms with Crippen molar-refractivity contribution in [3.8, 4) is 22.9 Å². The number of nitriles is 1. The maximum Gasteiger partial charge on any atom is 0.142 e. The van der Waals surface area contributed by atoms with E-state index in [-0.39, 0.29) is 5.92 Å². The molecule has 0 aliphatic carbocycles. The van der Waals surface area contributed by atoms with Crippen LogP contribution in [0.25, 0.3) is 16.8 Å². The third-order valence-electron chi connectivity index (χ3n) is 5.60. The van der Waals surface area contributed by atoms with E-state index in [1.165, 1.54) is 0 Å². The molecule has 1 unspecified atom stereocenters. The number of anilines is 2. The maximum absolute atomic E-state index is 9.18. The maximum atomic E-state index is 9.18. The van der Waals surface area contributed by atoms with Crippen LogP contribution in [0.1, 0.15) is 30.1 Å². The third-order valence-corrected chi connectivity index (χ3v) is 5.60. The molecule has 2 aromatic carbocycles. The summed E-state index contributed by atoms with van der Waals surface area (Å²) < 4.78 is 3.96. The van der Waals surface area contributed by atoms with Crippen LogP contribution in [-0.4, -0.2) is 31.1 Å². The Bertz CT molecular complexity index is 1270. The molecule has 0 spiro atoms. The van der Waals surface area contributed by atoms with Gasteiger partial charge in [0.1, 0.15) is 11.6 Å². The molecule has 7 heteroatoms. The second-order valence-electron chi connectivity index (χ2n) is 7.72. The van der Waals surface area contributed by atoms with Crippen molar-refractivity contribution in [2.45, 2.75) is 19.8 Å². The van der Waals surface area contributed by atoms with Crippen molar-refractivity contribution in [2.24, 2.45) is 7.05 Å². The number of aryl methyl sites for hydroxylation is 2. The van der Waals surface area contributed by atoms with Crippen LogP contribution in [0.4, 0.5) is 11.4 Å². The standard InChI is InChI=1S/C23H21N7/c1-15-13-29(20-7-4-17(11-24)5-8-20)22-10-18(19-12-25-28(3)14-19)6-9-21(22)30-16(2)26-27-23(15)30/h4-10,12,14-15H,13H2,1-3H3. The molecule has 2 aromatic heterocycles. The summed E-state index contributed by atoms with van der Waals surface area (Å²) in [6.07, 6.45) is 3.89. The van der Waals surface area contributed by atoms with Gasteiger partial charge >= 0.3 is 0 Å². The molecular formula is C23H21N7. The zero-order valence-electron chi connectivity index (χ0n) is 17.1. The number of hydrogen-bond donors (Lipinski definition) is 0. The fourth-order valence-electron chi connectivity index (χ4n) is 4.09. The highest BCUT2D eigenvalue weighted by atomic mass is 15.3. The highest BCUT2D eigenvalue weighted by molar-refractivity contribution is 5.79. The molecule has 0 saturated heterocycles. The Kier molecular flexibility index (Phi) is 4.14. The molecule has 5 rings (SSSR count). The molecule has 4 aromatic rings. The van der Waals surface area contributed by atoms with Crippen molar-refractivity contribution in [2.75, 3.05) is 11.4 Å². The van der Waals surface area contributed by atoms with Crippen LogP contribution in [-0.2, 0) is 7.05 Å². The molecule has 0 bridgehead atoms.